The van der Waals surface area contributed by atoms with Gasteiger partial charge in [0.15, 0.2) is 0 Å². The zero-order valence-electron chi connectivity index (χ0n) is 15.3. The molecule has 8 heteroatoms. The van der Waals surface area contributed by atoms with Crippen LogP contribution >= 0.6 is 11.6 Å². The van der Waals surface area contributed by atoms with Gasteiger partial charge in [-0.1, -0.05) is 17.7 Å². The molecular formula is C20H21ClN4O2S. The summed E-state index contributed by atoms with van der Waals surface area (Å²) >= 11 is 5.91. The van der Waals surface area contributed by atoms with Crippen LogP contribution in [0.1, 0.15) is 24.1 Å². The van der Waals surface area contributed by atoms with Crippen LogP contribution in [0.2, 0.25) is 5.02 Å². The minimum absolute atomic E-state index is 0.167. The summed E-state index contributed by atoms with van der Waals surface area (Å²) in [4.78, 5) is 4.25. The fourth-order valence-corrected chi connectivity index (χ4v) is 4.92. The summed E-state index contributed by atoms with van der Waals surface area (Å²) in [7, 11) is -3.60. The van der Waals surface area contributed by atoms with Crippen molar-refractivity contribution in [1.29, 1.82) is 0 Å². The highest BCUT2D eigenvalue weighted by Gasteiger charge is 2.22. The van der Waals surface area contributed by atoms with Crippen molar-refractivity contribution in [2.75, 3.05) is 6.54 Å². The van der Waals surface area contributed by atoms with Crippen LogP contribution in [0.5, 0.6) is 0 Å². The molecule has 1 N–H and O–H groups in total. The summed E-state index contributed by atoms with van der Waals surface area (Å²) in [6, 6.07) is 10.2. The fourth-order valence-electron chi connectivity index (χ4n) is 3.60. The van der Waals surface area contributed by atoms with E-state index in [-0.39, 0.29) is 11.4 Å². The summed E-state index contributed by atoms with van der Waals surface area (Å²) in [5.74, 6) is 0. The Morgan fingerprint density at radius 3 is 2.68 bits per heavy atom. The number of hydrogen-bond acceptors (Lipinski definition) is 4. The molecule has 0 saturated heterocycles. The van der Waals surface area contributed by atoms with Crippen molar-refractivity contribution in [3.05, 3.63) is 65.1 Å². The third kappa shape index (κ3) is 3.97. The molecule has 3 aromatic rings. The van der Waals surface area contributed by atoms with Gasteiger partial charge in [0.2, 0.25) is 10.0 Å². The predicted octanol–water partition coefficient (Wildman–Crippen LogP) is 3.46. The van der Waals surface area contributed by atoms with Crippen LogP contribution in [0, 0.1) is 0 Å². The van der Waals surface area contributed by atoms with Gasteiger partial charge in [0.25, 0.3) is 0 Å². The molecule has 0 bridgehead atoms. The molecule has 0 atom stereocenters. The zero-order chi connectivity index (χ0) is 19.6. The summed E-state index contributed by atoms with van der Waals surface area (Å²) in [6.45, 7) is 0.742. The fraction of sp³-hybridized carbons (Fsp3) is 0.300. The van der Waals surface area contributed by atoms with Crippen LogP contribution in [0.3, 0.4) is 0 Å². The summed E-state index contributed by atoms with van der Waals surface area (Å²) in [6.07, 6.45) is 7.78. The van der Waals surface area contributed by atoms with E-state index in [0.29, 0.717) is 11.6 Å². The normalized spacial score (nSPS) is 14.0. The molecule has 0 aliphatic heterocycles. The van der Waals surface area contributed by atoms with Crippen molar-refractivity contribution >= 4 is 21.6 Å². The number of nitrogens with zero attached hydrogens (tertiary/aromatic N) is 3. The maximum Gasteiger partial charge on any atom is 0.240 e. The van der Waals surface area contributed by atoms with Crippen molar-refractivity contribution in [2.45, 2.75) is 37.1 Å². The van der Waals surface area contributed by atoms with Crippen molar-refractivity contribution in [3.8, 4) is 11.3 Å². The summed E-state index contributed by atoms with van der Waals surface area (Å²) in [5, 5.41) is 5.20. The van der Waals surface area contributed by atoms with Gasteiger partial charge in [-0.05, 0) is 56.0 Å². The molecule has 2 heterocycles. The van der Waals surface area contributed by atoms with Crippen molar-refractivity contribution in [1.82, 2.24) is 19.5 Å². The Morgan fingerprint density at radius 1 is 1.11 bits per heavy atom. The number of fused-ring (bicyclic) bond motifs is 1. The molecule has 2 aromatic heterocycles. The number of hydrogen-bond donors (Lipinski definition) is 1. The van der Waals surface area contributed by atoms with Crippen LogP contribution in [0.25, 0.3) is 11.3 Å². The average molecular weight is 417 g/mol. The molecule has 0 spiro atoms. The lowest BCUT2D eigenvalue weighted by Gasteiger charge is -2.14. The van der Waals surface area contributed by atoms with E-state index in [1.54, 1.807) is 24.5 Å². The molecule has 6 nitrogen and oxygen atoms in total. The first-order chi connectivity index (χ1) is 13.5. The smallest absolute Gasteiger partial charge is 0.240 e. The van der Waals surface area contributed by atoms with E-state index in [1.807, 2.05) is 16.8 Å². The van der Waals surface area contributed by atoms with Gasteiger partial charge in [0.05, 0.1) is 17.1 Å². The number of halogens is 1. The topological polar surface area (TPSA) is 76.9 Å². The molecular weight excluding hydrogens is 396 g/mol. The van der Waals surface area contributed by atoms with Crippen LogP contribution in [0.4, 0.5) is 0 Å². The monoisotopic (exact) mass is 416 g/mol. The number of rotatable bonds is 6. The Morgan fingerprint density at radius 2 is 1.89 bits per heavy atom. The SMILES string of the molecule is O=S(=O)(NCCn1nc(-c2ccncc2)c2c1CCCC2)c1cccc(Cl)c1. The molecule has 0 saturated carbocycles. The van der Waals surface area contributed by atoms with Gasteiger partial charge in [-0.3, -0.25) is 9.67 Å². The first-order valence-electron chi connectivity index (χ1n) is 9.29. The zero-order valence-corrected chi connectivity index (χ0v) is 16.9. The minimum atomic E-state index is -3.60. The van der Waals surface area contributed by atoms with Gasteiger partial charge < -0.3 is 0 Å². The second-order valence-corrected chi connectivity index (χ2v) is 9.00. The highest BCUT2D eigenvalue weighted by Crippen LogP contribution is 2.30. The molecule has 146 valence electrons. The Bertz CT molecular complexity index is 1080. The number of nitrogens with one attached hydrogen (secondary N) is 1. The maximum absolute atomic E-state index is 12.5. The number of aromatic nitrogens is 3. The van der Waals surface area contributed by atoms with E-state index in [0.717, 1.165) is 36.9 Å². The Balaban J connectivity index is 1.53. The second-order valence-electron chi connectivity index (χ2n) is 6.80. The molecule has 0 radical (unpaired) electrons. The van der Waals surface area contributed by atoms with Crippen LogP contribution < -0.4 is 4.72 Å². The van der Waals surface area contributed by atoms with E-state index in [1.165, 1.54) is 23.4 Å². The highest BCUT2D eigenvalue weighted by molar-refractivity contribution is 7.89. The van der Waals surface area contributed by atoms with Gasteiger partial charge in [-0.2, -0.15) is 5.10 Å². The third-order valence-electron chi connectivity index (χ3n) is 4.93. The van der Waals surface area contributed by atoms with E-state index < -0.39 is 10.0 Å². The van der Waals surface area contributed by atoms with Gasteiger partial charge in [-0.15, -0.1) is 0 Å². The number of sulfonamides is 1. The lowest BCUT2D eigenvalue weighted by molar-refractivity contribution is 0.539. The van der Waals surface area contributed by atoms with E-state index in [9.17, 15) is 8.42 Å². The van der Waals surface area contributed by atoms with Crippen LogP contribution in [0.15, 0.2) is 53.7 Å². The van der Waals surface area contributed by atoms with Gasteiger partial charge in [0.1, 0.15) is 0 Å². The molecule has 1 aliphatic carbocycles. The summed E-state index contributed by atoms with van der Waals surface area (Å²) < 4.78 is 29.6. The Hall–Kier alpha value is -2.22. The van der Waals surface area contributed by atoms with Crippen molar-refractivity contribution < 1.29 is 8.42 Å². The van der Waals surface area contributed by atoms with Gasteiger partial charge >= 0.3 is 0 Å². The minimum Gasteiger partial charge on any atom is -0.267 e. The largest absolute Gasteiger partial charge is 0.267 e. The lowest BCUT2D eigenvalue weighted by atomic mass is 9.94. The number of pyridine rings is 1. The van der Waals surface area contributed by atoms with Crippen molar-refractivity contribution in [2.24, 2.45) is 0 Å². The van der Waals surface area contributed by atoms with Crippen LogP contribution in [-0.4, -0.2) is 29.7 Å². The molecule has 0 fully saturated rings. The maximum atomic E-state index is 12.5. The molecule has 4 rings (SSSR count). The lowest BCUT2D eigenvalue weighted by Crippen LogP contribution is -2.28. The quantitative estimate of drug-likeness (QED) is 0.667. The molecule has 0 amide bonds. The van der Waals surface area contributed by atoms with Gasteiger partial charge in [0, 0.05) is 40.8 Å². The van der Waals surface area contributed by atoms with Gasteiger partial charge in [-0.25, -0.2) is 13.1 Å². The molecule has 0 unspecified atom stereocenters. The average Bonchev–Trinajstić information content (AvgIpc) is 3.07. The molecule has 28 heavy (non-hydrogen) atoms. The van der Waals surface area contributed by atoms with E-state index in [2.05, 4.69) is 9.71 Å². The van der Waals surface area contributed by atoms with Crippen LogP contribution in [-0.2, 0) is 29.4 Å². The van der Waals surface area contributed by atoms with E-state index in [4.69, 9.17) is 16.7 Å². The molecule has 1 aliphatic rings. The Labute approximate surface area is 169 Å². The second kappa shape index (κ2) is 8.03. The number of benzene rings is 1. The molecule has 1 aromatic carbocycles. The first kappa shape index (κ1) is 19.1. The van der Waals surface area contributed by atoms with E-state index >= 15 is 0 Å². The summed E-state index contributed by atoms with van der Waals surface area (Å²) in [5.41, 5.74) is 4.51. The predicted molar refractivity (Wildman–Crippen MR) is 109 cm³/mol. The third-order valence-corrected chi connectivity index (χ3v) is 6.63. The highest BCUT2D eigenvalue weighted by atomic mass is 35.5. The van der Waals surface area contributed by atoms with Crippen molar-refractivity contribution in [3.63, 3.8) is 0 Å². The first-order valence-corrected chi connectivity index (χ1v) is 11.1. The standard InChI is InChI=1S/C20H21ClN4O2S/c21-16-4-3-5-17(14-16)28(26,27)23-12-13-25-19-7-2-1-6-18(19)20(24-25)15-8-10-22-11-9-15/h3-5,8-11,14,23H,1-2,6-7,12-13H2. The Kier molecular flexibility index (Phi) is 5.48.